The second-order valence-corrected chi connectivity index (χ2v) is 4.99. The molecule has 0 heterocycles. The first-order chi connectivity index (χ1) is 8.97. The predicted octanol–water partition coefficient (Wildman–Crippen LogP) is 2.30. The van der Waals surface area contributed by atoms with Crippen molar-refractivity contribution in [3.63, 3.8) is 0 Å². The Morgan fingerprint density at radius 1 is 1.21 bits per heavy atom. The van der Waals surface area contributed by atoms with Gasteiger partial charge in [0.2, 0.25) is 0 Å². The maximum absolute atomic E-state index is 11.3. The first-order valence-corrected chi connectivity index (χ1v) is 6.64. The Bertz CT molecular complexity index is 385. The van der Waals surface area contributed by atoms with Crippen molar-refractivity contribution < 1.29 is 14.3 Å². The molecule has 4 nitrogen and oxygen atoms in total. The highest BCUT2D eigenvalue weighted by atomic mass is 16.6. The number of hydrogen-bond acceptors (Lipinski definition) is 4. The normalized spacial score (nSPS) is 12.3. The Morgan fingerprint density at radius 2 is 1.84 bits per heavy atom. The van der Waals surface area contributed by atoms with E-state index in [-0.39, 0.29) is 24.7 Å². The number of ether oxygens (including phenoxy) is 2. The van der Waals surface area contributed by atoms with Gasteiger partial charge < -0.3 is 15.2 Å². The summed E-state index contributed by atoms with van der Waals surface area (Å²) in [6, 6.07) is 7.91. The number of carbonyl (C=O) groups is 1. The fraction of sp³-hybridized carbons (Fsp3) is 0.533. The number of benzene rings is 1. The van der Waals surface area contributed by atoms with Crippen LogP contribution in [0.25, 0.3) is 0 Å². The average Bonchev–Trinajstić information content (AvgIpc) is 2.34. The van der Waals surface area contributed by atoms with E-state index < -0.39 is 0 Å². The SMILES string of the molecule is CC(N)CCc1ccc(OCC(=O)OC(C)C)cc1. The fourth-order valence-electron chi connectivity index (χ4n) is 1.59. The molecule has 1 aromatic rings. The van der Waals surface area contributed by atoms with Crippen molar-refractivity contribution in [2.75, 3.05) is 6.61 Å². The molecule has 0 bridgehead atoms. The minimum Gasteiger partial charge on any atom is -0.482 e. The van der Waals surface area contributed by atoms with Crippen LogP contribution in [-0.4, -0.2) is 24.7 Å². The average molecular weight is 265 g/mol. The van der Waals surface area contributed by atoms with Crippen LogP contribution in [0.2, 0.25) is 0 Å². The van der Waals surface area contributed by atoms with Crippen LogP contribution in [0.4, 0.5) is 0 Å². The smallest absolute Gasteiger partial charge is 0.344 e. The molecule has 106 valence electrons. The summed E-state index contributed by atoms with van der Waals surface area (Å²) in [6.45, 7) is 5.56. The zero-order chi connectivity index (χ0) is 14.3. The second kappa shape index (κ2) is 7.79. The Balaban J connectivity index is 2.37. The van der Waals surface area contributed by atoms with Crippen molar-refractivity contribution in [1.29, 1.82) is 0 Å². The molecular formula is C15H23NO3. The monoisotopic (exact) mass is 265 g/mol. The van der Waals surface area contributed by atoms with Crippen LogP contribution < -0.4 is 10.5 Å². The second-order valence-electron chi connectivity index (χ2n) is 4.99. The van der Waals surface area contributed by atoms with Crippen molar-refractivity contribution in [3.05, 3.63) is 29.8 Å². The molecule has 4 heteroatoms. The summed E-state index contributed by atoms with van der Waals surface area (Å²) in [7, 11) is 0. The molecule has 1 rings (SSSR count). The lowest BCUT2D eigenvalue weighted by molar-refractivity contribution is -0.149. The fourth-order valence-corrected chi connectivity index (χ4v) is 1.59. The molecule has 1 atom stereocenters. The van der Waals surface area contributed by atoms with Crippen LogP contribution in [0.5, 0.6) is 5.75 Å². The van der Waals surface area contributed by atoms with Gasteiger partial charge in [-0.05, 0) is 51.3 Å². The summed E-state index contributed by atoms with van der Waals surface area (Å²) in [5.41, 5.74) is 6.93. The van der Waals surface area contributed by atoms with E-state index in [1.165, 1.54) is 5.56 Å². The van der Waals surface area contributed by atoms with Gasteiger partial charge in [0.15, 0.2) is 6.61 Å². The number of carbonyl (C=O) groups excluding carboxylic acids is 1. The quantitative estimate of drug-likeness (QED) is 0.768. The number of hydrogen-bond donors (Lipinski definition) is 1. The van der Waals surface area contributed by atoms with Crippen molar-refractivity contribution in [3.8, 4) is 5.75 Å². The lowest BCUT2D eigenvalue weighted by Crippen LogP contribution is -2.18. The highest BCUT2D eigenvalue weighted by molar-refractivity contribution is 5.71. The van der Waals surface area contributed by atoms with E-state index >= 15 is 0 Å². The summed E-state index contributed by atoms with van der Waals surface area (Å²) in [6.07, 6.45) is 1.80. The van der Waals surface area contributed by atoms with Crippen molar-refractivity contribution in [2.45, 2.75) is 45.8 Å². The largest absolute Gasteiger partial charge is 0.482 e. The first kappa shape index (κ1) is 15.5. The van der Waals surface area contributed by atoms with Gasteiger partial charge in [0.25, 0.3) is 0 Å². The van der Waals surface area contributed by atoms with Gasteiger partial charge in [0, 0.05) is 6.04 Å². The van der Waals surface area contributed by atoms with Crippen LogP contribution in [0.3, 0.4) is 0 Å². The summed E-state index contributed by atoms with van der Waals surface area (Å²) >= 11 is 0. The van der Waals surface area contributed by atoms with Crippen LogP contribution in [0.1, 0.15) is 32.8 Å². The van der Waals surface area contributed by atoms with Crippen LogP contribution in [0, 0.1) is 0 Å². The lowest BCUT2D eigenvalue weighted by atomic mass is 10.1. The van der Waals surface area contributed by atoms with Gasteiger partial charge in [-0.15, -0.1) is 0 Å². The van der Waals surface area contributed by atoms with Gasteiger partial charge in [-0.3, -0.25) is 0 Å². The Morgan fingerprint density at radius 3 is 2.37 bits per heavy atom. The highest BCUT2D eigenvalue weighted by Gasteiger charge is 2.06. The molecule has 19 heavy (non-hydrogen) atoms. The molecule has 0 aromatic heterocycles. The van der Waals surface area contributed by atoms with E-state index in [0.717, 1.165) is 12.8 Å². The topological polar surface area (TPSA) is 61.5 Å². The van der Waals surface area contributed by atoms with E-state index in [1.54, 1.807) is 0 Å². The van der Waals surface area contributed by atoms with E-state index in [1.807, 2.05) is 45.0 Å². The first-order valence-electron chi connectivity index (χ1n) is 6.64. The predicted molar refractivity (Wildman–Crippen MR) is 75.1 cm³/mol. The molecule has 0 amide bonds. The van der Waals surface area contributed by atoms with Gasteiger partial charge in [0.05, 0.1) is 6.10 Å². The van der Waals surface area contributed by atoms with Gasteiger partial charge in [-0.1, -0.05) is 12.1 Å². The maximum Gasteiger partial charge on any atom is 0.344 e. The van der Waals surface area contributed by atoms with Crippen molar-refractivity contribution >= 4 is 5.97 Å². The van der Waals surface area contributed by atoms with Crippen LogP contribution in [0.15, 0.2) is 24.3 Å². The minimum atomic E-state index is -0.351. The third-order valence-corrected chi connectivity index (χ3v) is 2.54. The maximum atomic E-state index is 11.3. The molecule has 0 aliphatic rings. The van der Waals surface area contributed by atoms with Gasteiger partial charge >= 0.3 is 5.97 Å². The van der Waals surface area contributed by atoms with Gasteiger partial charge in [-0.2, -0.15) is 0 Å². The molecule has 0 aliphatic heterocycles. The lowest BCUT2D eigenvalue weighted by Gasteiger charge is -2.10. The van der Waals surface area contributed by atoms with E-state index in [9.17, 15) is 4.79 Å². The Labute approximate surface area is 114 Å². The molecule has 0 aliphatic carbocycles. The number of aryl methyl sites for hydroxylation is 1. The molecule has 1 unspecified atom stereocenters. The highest BCUT2D eigenvalue weighted by Crippen LogP contribution is 2.13. The molecule has 0 fully saturated rings. The van der Waals surface area contributed by atoms with Crippen molar-refractivity contribution in [1.82, 2.24) is 0 Å². The number of esters is 1. The van der Waals surface area contributed by atoms with Gasteiger partial charge in [-0.25, -0.2) is 4.79 Å². The standard InChI is InChI=1S/C15H23NO3/c1-11(2)19-15(17)10-18-14-8-6-13(7-9-14)5-4-12(3)16/h6-9,11-12H,4-5,10,16H2,1-3H3. The molecule has 0 radical (unpaired) electrons. The van der Waals surface area contributed by atoms with Gasteiger partial charge in [0.1, 0.15) is 5.75 Å². The van der Waals surface area contributed by atoms with E-state index in [2.05, 4.69) is 0 Å². The van der Waals surface area contributed by atoms with Crippen LogP contribution in [-0.2, 0) is 16.0 Å². The third kappa shape index (κ3) is 6.82. The molecule has 0 saturated heterocycles. The molecule has 1 aromatic carbocycles. The van der Waals surface area contributed by atoms with E-state index in [4.69, 9.17) is 15.2 Å². The minimum absolute atomic E-state index is 0.0582. The molecule has 2 N–H and O–H groups in total. The van der Waals surface area contributed by atoms with Crippen molar-refractivity contribution in [2.24, 2.45) is 5.73 Å². The third-order valence-electron chi connectivity index (χ3n) is 2.54. The molecule has 0 spiro atoms. The Hall–Kier alpha value is -1.55. The molecule has 0 saturated carbocycles. The summed E-state index contributed by atoms with van der Waals surface area (Å²) in [5.74, 6) is 0.321. The Kier molecular flexibility index (Phi) is 6.36. The number of rotatable bonds is 7. The number of nitrogens with two attached hydrogens (primary N) is 1. The van der Waals surface area contributed by atoms with E-state index in [0.29, 0.717) is 5.75 Å². The molecular weight excluding hydrogens is 242 g/mol. The summed E-state index contributed by atoms with van der Waals surface area (Å²) < 4.78 is 10.3. The van der Waals surface area contributed by atoms with Crippen LogP contribution >= 0.6 is 0 Å². The summed E-state index contributed by atoms with van der Waals surface area (Å²) in [5, 5.41) is 0. The zero-order valence-electron chi connectivity index (χ0n) is 11.9. The zero-order valence-corrected chi connectivity index (χ0v) is 11.9. The summed E-state index contributed by atoms with van der Waals surface area (Å²) in [4.78, 5) is 11.3.